The molecule has 1 aromatic heterocycles. The van der Waals surface area contributed by atoms with E-state index in [-0.39, 0.29) is 5.41 Å². The van der Waals surface area contributed by atoms with Crippen molar-refractivity contribution in [3.8, 4) is 22.3 Å². The van der Waals surface area contributed by atoms with Crippen molar-refractivity contribution in [2.45, 2.75) is 38.5 Å². The van der Waals surface area contributed by atoms with Gasteiger partial charge in [0.2, 0.25) is 0 Å². The van der Waals surface area contributed by atoms with Crippen LogP contribution in [0.2, 0.25) is 0 Å². The Morgan fingerprint density at radius 1 is 0.397 bits per heavy atom. The molecule has 0 saturated heterocycles. The molecule has 0 saturated carbocycles. The first-order valence-electron chi connectivity index (χ1n) is 22.3. The molecule has 2 spiro atoms. The van der Waals surface area contributed by atoms with E-state index < -0.39 is 13.5 Å². The van der Waals surface area contributed by atoms with Crippen molar-refractivity contribution in [2.24, 2.45) is 0 Å². The summed E-state index contributed by atoms with van der Waals surface area (Å²) in [7, 11) is -2.68. The molecule has 0 atom stereocenters. The predicted octanol–water partition coefficient (Wildman–Crippen LogP) is 12.8. The number of rotatable bonds is 1. The second-order valence-corrected chi connectivity index (χ2v) is 23.6. The van der Waals surface area contributed by atoms with Crippen LogP contribution in [0, 0.1) is 13.8 Å². The maximum absolute atomic E-state index is 2.68. The van der Waals surface area contributed by atoms with E-state index in [0.29, 0.717) is 0 Å². The summed E-state index contributed by atoms with van der Waals surface area (Å²) < 4.78 is 2.64. The lowest BCUT2D eigenvalue weighted by atomic mass is 9.52. The molecule has 3 heteroatoms. The average molecular weight is 838 g/mol. The highest BCUT2D eigenvalue weighted by Crippen LogP contribution is 2.64. The number of thiophene rings is 1. The highest BCUT2D eigenvalue weighted by atomic mass is 32.1. The number of anilines is 3. The quantitative estimate of drug-likeness (QED) is 0.149. The summed E-state index contributed by atoms with van der Waals surface area (Å²) in [5.74, 6) is 0. The predicted molar refractivity (Wildman–Crippen MR) is 269 cm³/mol. The highest BCUT2D eigenvalue weighted by Gasteiger charge is 2.56. The molecule has 3 aliphatic heterocycles. The standard InChI is InChI=1S/C60H43NSSi/c1-36-25-29-45-48(31-36)60(49-32-37(2)26-30-46(49)59(45,3)4)47-19-9-10-20-51(47)61(52-35-54-44(34-50(52)60)39-15-5-11-21-53(39)62-54)38-27-28-43-42-18-8-14-24-57(42)63(58(43)33-38)55-22-12-6-16-40(55)41-17-7-13-23-56(41)63/h5-35H,1-4H3. The molecule has 10 aromatic rings. The van der Waals surface area contributed by atoms with Crippen molar-refractivity contribution in [1.82, 2.24) is 0 Å². The number of aryl methyl sites for hydroxylation is 2. The third kappa shape index (κ3) is 4.28. The van der Waals surface area contributed by atoms with Crippen molar-refractivity contribution in [2.75, 3.05) is 4.90 Å². The maximum atomic E-state index is 2.64. The van der Waals surface area contributed by atoms with Crippen LogP contribution in [-0.2, 0) is 10.8 Å². The second kappa shape index (κ2) is 12.2. The first kappa shape index (κ1) is 35.8. The highest BCUT2D eigenvalue weighted by molar-refractivity contribution is 7.26. The zero-order valence-electron chi connectivity index (χ0n) is 35.8. The van der Waals surface area contributed by atoms with Gasteiger partial charge in [-0.15, -0.1) is 11.3 Å². The summed E-state index contributed by atoms with van der Waals surface area (Å²) in [5, 5.41) is 8.65. The van der Waals surface area contributed by atoms with Crippen LogP contribution >= 0.6 is 11.3 Å². The van der Waals surface area contributed by atoms with Crippen LogP contribution in [0.3, 0.4) is 0 Å². The average Bonchev–Trinajstić information content (AvgIpc) is 3.93. The van der Waals surface area contributed by atoms with E-state index in [1.165, 1.54) is 125 Å². The van der Waals surface area contributed by atoms with E-state index in [9.17, 15) is 0 Å². The van der Waals surface area contributed by atoms with Gasteiger partial charge in [0.05, 0.1) is 16.8 Å². The number of para-hydroxylation sites is 1. The number of fused-ring (bicyclic) bond motifs is 21. The lowest BCUT2D eigenvalue weighted by molar-refractivity contribution is 0.556. The van der Waals surface area contributed by atoms with Gasteiger partial charge >= 0.3 is 0 Å². The Morgan fingerprint density at radius 3 is 1.60 bits per heavy atom. The molecule has 1 nitrogen and oxygen atoms in total. The molecule has 0 fully saturated rings. The molecule has 1 aliphatic carbocycles. The van der Waals surface area contributed by atoms with Crippen molar-refractivity contribution in [1.29, 1.82) is 0 Å². The van der Waals surface area contributed by atoms with Gasteiger partial charge in [0.25, 0.3) is 0 Å². The van der Waals surface area contributed by atoms with Gasteiger partial charge < -0.3 is 4.90 Å². The van der Waals surface area contributed by atoms with Gasteiger partial charge in [-0.1, -0.05) is 177 Å². The molecule has 4 aliphatic rings. The van der Waals surface area contributed by atoms with Gasteiger partial charge in [-0.2, -0.15) is 0 Å². The molecule has 9 aromatic carbocycles. The largest absolute Gasteiger partial charge is 0.310 e. The minimum absolute atomic E-state index is 0.190. The Morgan fingerprint density at radius 2 is 0.952 bits per heavy atom. The first-order valence-corrected chi connectivity index (χ1v) is 25.2. The van der Waals surface area contributed by atoms with Crippen LogP contribution in [0.15, 0.2) is 188 Å². The van der Waals surface area contributed by atoms with E-state index in [1.54, 1.807) is 0 Å². The van der Waals surface area contributed by atoms with Crippen molar-refractivity contribution in [3.63, 3.8) is 0 Å². The summed E-state index contributed by atoms with van der Waals surface area (Å²) >= 11 is 1.92. The van der Waals surface area contributed by atoms with E-state index in [0.717, 1.165) is 0 Å². The fourth-order valence-corrected chi connectivity index (χ4v) is 19.7. The van der Waals surface area contributed by atoms with E-state index in [4.69, 9.17) is 0 Å². The molecule has 63 heavy (non-hydrogen) atoms. The Hall–Kier alpha value is -6.78. The van der Waals surface area contributed by atoms with Gasteiger partial charge in [-0.25, -0.2) is 0 Å². The SMILES string of the molecule is Cc1ccc2c(c1)C1(c3ccccc3N(c3ccc4c(c3)[Si]3(c5ccccc5-c5ccccc53)c3ccccc3-4)c3cc4sc5ccccc5c4cc31)c1cc(C)ccc1C2(C)C. The third-order valence-electron chi connectivity index (χ3n) is 15.4. The third-order valence-corrected chi connectivity index (χ3v) is 21.5. The molecule has 0 unspecified atom stereocenters. The fourth-order valence-electron chi connectivity index (χ4n) is 12.9. The zero-order valence-corrected chi connectivity index (χ0v) is 37.6. The zero-order chi connectivity index (χ0) is 42.0. The summed E-state index contributed by atoms with van der Waals surface area (Å²) in [6.07, 6.45) is 0. The minimum atomic E-state index is -2.68. The van der Waals surface area contributed by atoms with Crippen LogP contribution in [0.25, 0.3) is 42.4 Å². The molecule has 0 bridgehead atoms. The normalized spacial score (nSPS) is 16.0. The van der Waals surface area contributed by atoms with Crippen LogP contribution < -0.4 is 25.6 Å². The Bertz CT molecular complexity index is 3540. The smallest absolute Gasteiger partial charge is 0.182 e. The van der Waals surface area contributed by atoms with E-state index in [2.05, 4.69) is 221 Å². The molecular formula is C60H43NSSi. The molecule has 298 valence electrons. The number of hydrogen-bond donors (Lipinski definition) is 0. The van der Waals surface area contributed by atoms with Crippen molar-refractivity contribution >= 4 is 77.4 Å². The van der Waals surface area contributed by atoms with Gasteiger partial charge in [0.1, 0.15) is 0 Å². The van der Waals surface area contributed by atoms with Crippen LogP contribution in [0.4, 0.5) is 17.1 Å². The summed E-state index contributed by atoms with van der Waals surface area (Å²) in [6, 6.07) is 73.5. The summed E-state index contributed by atoms with van der Waals surface area (Å²) in [5.41, 5.74) is 19.3. The summed E-state index contributed by atoms with van der Waals surface area (Å²) in [6.45, 7) is 9.40. The topological polar surface area (TPSA) is 3.24 Å². The molecule has 0 radical (unpaired) electrons. The molecule has 14 rings (SSSR count). The van der Waals surface area contributed by atoms with Crippen LogP contribution in [0.5, 0.6) is 0 Å². The lowest BCUT2D eigenvalue weighted by Crippen LogP contribution is -2.70. The lowest BCUT2D eigenvalue weighted by Gasteiger charge is -2.52. The van der Waals surface area contributed by atoms with E-state index >= 15 is 0 Å². The Kier molecular flexibility index (Phi) is 6.94. The maximum Gasteiger partial charge on any atom is 0.182 e. The monoisotopic (exact) mass is 837 g/mol. The molecule has 0 amide bonds. The van der Waals surface area contributed by atoms with Gasteiger partial charge in [-0.05, 0) is 127 Å². The van der Waals surface area contributed by atoms with Crippen LogP contribution in [0.1, 0.15) is 58.4 Å². The van der Waals surface area contributed by atoms with Gasteiger partial charge in [0, 0.05) is 31.3 Å². The van der Waals surface area contributed by atoms with Crippen molar-refractivity contribution < 1.29 is 0 Å². The van der Waals surface area contributed by atoms with Crippen molar-refractivity contribution in [3.05, 3.63) is 233 Å². The fraction of sp³-hybridized carbons (Fsp3) is 0.100. The van der Waals surface area contributed by atoms with Gasteiger partial charge in [0.15, 0.2) is 8.07 Å². The number of nitrogens with zero attached hydrogens (tertiary/aromatic N) is 1. The van der Waals surface area contributed by atoms with Gasteiger partial charge in [-0.3, -0.25) is 0 Å². The second-order valence-electron chi connectivity index (χ2n) is 18.9. The molecular weight excluding hydrogens is 795 g/mol. The van der Waals surface area contributed by atoms with E-state index in [1.807, 2.05) is 11.3 Å². The number of hydrogen-bond acceptors (Lipinski definition) is 2. The summed E-state index contributed by atoms with van der Waals surface area (Å²) in [4.78, 5) is 2.64. The Labute approximate surface area is 373 Å². The number of benzene rings is 9. The molecule has 4 heterocycles. The first-order chi connectivity index (χ1) is 30.8. The minimum Gasteiger partial charge on any atom is -0.310 e. The molecule has 0 N–H and O–H groups in total. The van der Waals surface area contributed by atoms with Crippen LogP contribution in [-0.4, -0.2) is 8.07 Å². The Balaban J connectivity index is 1.13.